The predicted molar refractivity (Wildman–Crippen MR) is 88.9 cm³/mol. The highest BCUT2D eigenvalue weighted by atomic mass is 16.7. The number of benzene rings is 2. The summed E-state index contributed by atoms with van der Waals surface area (Å²) >= 11 is 0. The van der Waals surface area contributed by atoms with Gasteiger partial charge in [-0.15, -0.1) is 0 Å². The van der Waals surface area contributed by atoms with Crippen molar-refractivity contribution in [3.05, 3.63) is 77.7 Å². The first-order valence-corrected chi connectivity index (χ1v) is 7.72. The molecule has 23 heavy (non-hydrogen) atoms. The fourth-order valence-corrected chi connectivity index (χ4v) is 2.43. The summed E-state index contributed by atoms with van der Waals surface area (Å²) in [5.41, 5.74) is 2.41. The topological polar surface area (TPSA) is 39.7 Å². The first kappa shape index (κ1) is 15.4. The Balaban J connectivity index is 1.39. The van der Waals surface area contributed by atoms with E-state index in [1.807, 2.05) is 42.5 Å². The monoisotopic (exact) mass is 311 g/mol. The first-order valence-electron chi connectivity index (χ1n) is 7.72. The first-order chi connectivity index (χ1) is 11.3. The summed E-state index contributed by atoms with van der Waals surface area (Å²) in [5.74, 6) is 1.70. The molecule has 2 aromatic carbocycles. The van der Waals surface area contributed by atoms with Crippen molar-refractivity contribution in [1.29, 1.82) is 0 Å². The lowest BCUT2D eigenvalue weighted by Crippen LogP contribution is -2.19. The molecular weight excluding hydrogens is 290 g/mol. The van der Waals surface area contributed by atoms with Crippen LogP contribution in [0, 0.1) is 0 Å². The molecule has 0 saturated heterocycles. The van der Waals surface area contributed by atoms with E-state index in [4.69, 9.17) is 14.2 Å². The van der Waals surface area contributed by atoms with E-state index in [1.54, 1.807) is 13.4 Å². The fourth-order valence-electron chi connectivity index (χ4n) is 2.43. The van der Waals surface area contributed by atoms with E-state index in [0.29, 0.717) is 6.54 Å². The van der Waals surface area contributed by atoms with Crippen molar-refractivity contribution in [2.24, 2.45) is 0 Å². The maximum absolute atomic E-state index is 5.80. The number of rotatable bonds is 7. The number of nitrogens with one attached hydrogen (secondary N) is 1. The van der Waals surface area contributed by atoms with E-state index < -0.39 is 0 Å². The molecule has 1 aliphatic rings. The molecule has 4 nitrogen and oxygen atoms in total. The maximum atomic E-state index is 5.80. The molecule has 0 unspecified atom stereocenters. The molecule has 1 N–H and O–H groups in total. The van der Waals surface area contributed by atoms with Crippen LogP contribution in [0.1, 0.15) is 11.1 Å². The molecule has 1 atom stereocenters. The van der Waals surface area contributed by atoms with Crippen LogP contribution in [0.2, 0.25) is 0 Å². The Kier molecular flexibility index (Phi) is 5.17. The van der Waals surface area contributed by atoms with Crippen molar-refractivity contribution in [2.45, 2.75) is 19.3 Å². The third-order valence-corrected chi connectivity index (χ3v) is 3.67. The Morgan fingerprint density at radius 3 is 2.48 bits per heavy atom. The fraction of sp³-hybridized carbons (Fsp3) is 0.263. The summed E-state index contributed by atoms with van der Waals surface area (Å²) < 4.78 is 16.5. The minimum atomic E-state index is -0.227. The Hall–Kier alpha value is -2.46. The zero-order valence-corrected chi connectivity index (χ0v) is 13.2. The average Bonchev–Trinajstić information content (AvgIpc) is 3.04. The molecule has 3 rings (SSSR count). The zero-order valence-electron chi connectivity index (χ0n) is 13.2. The molecule has 0 bridgehead atoms. The summed E-state index contributed by atoms with van der Waals surface area (Å²) in [4.78, 5) is 0. The second-order valence-corrected chi connectivity index (χ2v) is 5.41. The molecule has 4 heteroatoms. The maximum Gasteiger partial charge on any atom is 0.244 e. The van der Waals surface area contributed by atoms with Gasteiger partial charge in [-0.05, 0) is 23.3 Å². The Morgan fingerprint density at radius 2 is 1.74 bits per heavy atom. The van der Waals surface area contributed by atoms with Crippen LogP contribution < -0.4 is 10.1 Å². The van der Waals surface area contributed by atoms with Crippen LogP contribution in [0.15, 0.2) is 66.6 Å². The van der Waals surface area contributed by atoms with Gasteiger partial charge in [-0.1, -0.05) is 42.5 Å². The second kappa shape index (κ2) is 7.70. The largest absolute Gasteiger partial charge is 0.497 e. The van der Waals surface area contributed by atoms with Crippen molar-refractivity contribution in [3.63, 3.8) is 0 Å². The van der Waals surface area contributed by atoms with E-state index in [-0.39, 0.29) is 6.29 Å². The quantitative estimate of drug-likeness (QED) is 0.852. The number of ether oxygens (including phenoxy) is 3. The summed E-state index contributed by atoms with van der Waals surface area (Å²) in [7, 11) is 1.67. The number of hydrogen-bond acceptors (Lipinski definition) is 4. The van der Waals surface area contributed by atoms with Crippen LogP contribution >= 0.6 is 0 Å². The third kappa shape index (κ3) is 4.50. The van der Waals surface area contributed by atoms with Gasteiger partial charge in [0.2, 0.25) is 6.29 Å². The molecule has 1 heterocycles. The molecule has 0 aliphatic carbocycles. The van der Waals surface area contributed by atoms with Crippen LogP contribution in [0.25, 0.3) is 0 Å². The lowest BCUT2D eigenvalue weighted by atomic mass is 10.1. The molecule has 0 fully saturated rings. The van der Waals surface area contributed by atoms with Gasteiger partial charge in [-0.3, -0.25) is 0 Å². The smallest absolute Gasteiger partial charge is 0.244 e. The summed E-state index contributed by atoms with van der Waals surface area (Å²) in [6, 6.07) is 18.2. The summed E-state index contributed by atoms with van der Waals surface area (Å²) in [5, 5.41) is 3.35. The standard InChI is InChI=1S/C19H21NO3/c1-21-17-9-7-16(8-10-17)12-20-13-18-14-22-19(23-18)11-15-5-3-2-4-6-15/h2-10,14,19-20H,11-13H2,1H3/t19-/m1/s1. The Morgan fingerprint density at radius 1 is 0.957 bits per heavy atom. The van der Waals surface area contributed by atoms with E-state index >= 15 is 0 Å². The SMILES string of the molecule is COc1ccc(CNCC2=CO[C@@H](Cc3ccccc3)O2)cc1. The van der Waals surface area contributed by atoms with Gasteiger partial charge in [-0.2, -0.15) is 0 Å². The van der Waals surface area contributed by atoms with Crippen LogP contribution in [-0.4, -0.2) is 19.9 Å². The Labute approximate surface area is 136 Å². The highest BCUT2D eigenvalue weighted by Gasteiger charge is 2.19. The molecule has 0 radical (unpaired) electrons. The van der Waals surface area contributed by atoms with Crippen LogP contribution in [0.5, 0.6) is 5.75 Å². The Bertz CT molecular complexity index is 637. The minimum absolute atomic E-state index is 0.227. The van der Waals surface area contributed by atoms with E-state index in [2.05, 4.69) is 17.4 Å². The van der Waals surface area contributed by atoms with Gasteiger partial charge in [0.1, 0.15) is 17.8 Å². The van der Waals surface area contributed by atoms with Crippen molar-refractivity contribution in [2.75, 3.05) is 13.7 Å². The van der Waals surface area contributed by atoms with Gasteiger partial charge in [0.05, 0.1) is 13.7 Å². The molecule has 120 valence electrons. The van der Waals surface area contributed by atoms with Gasteiger partial charge in [0.15, 0.2) is 0 Å². The van der Waals surface area contributed by atoms with Crippen LogP contribution in [0.4, 0.5) is 0 Å². The van der Waals surface area contributed by atoms with E-state index in [1.165, 1.54) is 11.1 Å². The number of hydrogen-bond donors (Lipinski definition) is 1. The van der Waals surface area contributed by atoms with Gasteiger partial charge in [-0.25, -0.2) is 0 Å². The molecule has 0 aromatic heterocycles. The van der Waals surface area contributed by atoms with Gasteiger partial charge >= 0.3 is 0 Å². The minimum Gasteiger partial charge on any atom is -0.497 e. The van der Waals surface area contributed by atoms with Crippen molar-refractivity contribution in [3.8, 4) is 5.75 Å². The molecule has 0 spiro atoms. The number of methoxy groups -OCH3 is 1. The zero-order chi connectivity index (χ0) is 15.9. The highest BCUT2D eigenvalue weighted by Crippen LogP contribution is 2.18. The predicted octanol–water partition coefficient (Wildman–Crippen LogP) is 3.24. The summed E-state index contributed by atoms with van der Waals surface area (Å²) in [6.45, 7) is 1.42. The average molecular weight is 311 g/mol. The third-order valence-electron chi connectivity index (χ3n) is 3.67. The molecule has 2 aromatic rings. The van der Waals surface area contributed by atoms with Crippen LogP contribution in [0.3, 0.4) is 0 Å². The van der Waals surface area contributed by atoms with E-state index in [9.17, 15) is 0 Å². The lowest BCUT2D eigenvalue weighted by molar-refractivity contribution is -0.0307. The normalized spacial score (nSPS) is 16.4. The summed E-state index contributed by atoms with van der Waals surface area (Å²) in [6.07, 6.45) is 2.23. The van der Waals surface area contributed by atoms with Gasteiger partial charge in [0.25, 0.3) is 0 Å². The van der Waals surface area contributed by atoms with Gasteiger partial charge in [0, 0.05) is 13.0 Å². The second-order valence-electron chi connectivity index (χ2n) is 5.41. The molecule has 0 saturated carbocycles. The van der Waals surface area contributed by atoms with Gasteiger partial charge < -0.3 is 19.5 Å². The molecular formula is C19H21NO3. The van der Waals surface area contributed by atoms with E-state index in [0.717, 1.165) is 24.5 Å². The van der Waals surface area contributed by atoms with Crippen molar-refractivity contribution in [1.82, 2.24) is 5.32 Å². The van der Waals surface area contributed by atoms with Crippen molar-refractivity contribution >= 4 is 0 Å². The van der Waals surface area contributed by atoms with Crippen molar-refractivity contribution < 1.29 is 14.2 Å². The lowest BCUT2D eigenvalue weighted by Gasteiger charge is -2.12. The molecule has 1 aliphatic heterocycles. The highest BCUT2D eigenvalue weighted by molar-refractivity contribution is 5.27. The molecule has 0 amide bonds. The van der Waals surface area contributed by atoms with Crippen LogP contribution in [-0.2, 0) is 22.4 Å².